The predicted molar refractivity (Wildman–Crippen MR) is 77.0 cm³/mol. The van der Waals surface area contributed by atoms with Gasteiger partial charge in [0.25, 0.3) is 0 Å². The van der Waals surface area contributed by atoms with Crippen LogP contribution in [0.1, 0.15) is 24.1 Å². The van der Waals surface area contributed by atoms with E-state index in [-0.39, 0.29) is 18.9 Å². The Morgan fingerprint density at radius 3 is 2.81 bits per heavy atom. The Hall–Kier alpha value is -1.08. The van der Waals surface area contributed by atoms with E-state index in [2.05, 4.69) is 26.2 Å². The second kappa shape index (κ2) is 5.28. The molecule has 0 radical (unpaired) electrons. The van der Waals surface area contributed by atoms with Crippen molar-refractivity contribution >= 4 is 21.6 Å². The first-order chi connectivity index (χ1) is 9.84. The van der Waals surface area contributed by atoms with E-state index in [0.717, 1.165) is 21.4 Å². The molecule has 114 valence electrons. The fourth-order valence-corrected chi connectivity index (χ4v) is 3.24. The molecule has 1 fully saturated rings. The second-order valence-corrected chi connectivity index (χ2v) is 6.49. The standard InChI is InChI=1S/C14H15BrF3N3/c1-8-2-10(15)7-21-12(6-20-13(8)21)5-19-11-3-9(4-11)14(16,17)18/h2,6-7,9,11,19H,3-5H2,1H3. The summed E-state index contributed by atoms with van der Waals surface area (Å²) in [6.07, 6.45) is -0.0251. The summed E-state index contributed by atoms with van der Waals surface area (Å²) in [5, 5.41) is 3.18. The van der Waals surface area contributed by atoms with Crippen LogP contribution in [0.5, 0.6) is 0 Å². The van der Waals surface area contributed by atoms with Crippen LogP contribution in [0, 0.1) is 12.8 Å². The summed E-state index contributed by atoms with van der Waals surface area (Å²) < 4.78 is 40.2. The molecule has 2 aromatic rings. The van der Waals surface area contributed by atoms with Crippen molar-refractivity contribution < 1.29 is 13.2 Å². The number of pyridine rings is 1. The number of rotatable bonds is 3. The molecule has 0 amide bonds. The highest BCUT2D eigenvalue weighted by molar-refractivity contribution is 9.10. The Morgan fingerprint density at radius 1 is 1.43 bits per heavy atom. The molecule has 0 unspecified atom stereocenters. The number of aryl methyl sites for hydroxylation is 1. The first-order valence-corrected chi connectivity index (χ1v) is 7.56. The van der Waals surface area contributed by atoms with Crippen LogP contribution in [0.3, 0.4) is 0 Å². The number of hydrogen-bond donors (Lipinski definition) is 1. The van der Waals surface area contributed by atoms with Crippen LogP contribution in [0.15, 0.2) is 22.9 Å². The van der Waals surface area contributed by atoms with Crippen LogP contribution < -0.4 is 5.32 Å². The van der Waals surface area contributed by atoms with Gasteiger partial charge in [0.15, 0.2) is 0 Å². The van der Waals surface area contributed by atoms with Gasteiger partial charge in [-0.25, -0.2) is 4.98 Å². The van der Waals surface area contributed by atoms with Crippen molar-refractivity contribution in [3.05, 3.63) is 34.2 Å². The van der Waals surface area contributed by atoms with Crippen LogP contribution in [0.25, 0.3) is 5.65 Å². The quantitative estimate of drug-likeness (QED) is 0.899. The minimum atomic E-state index is -4.05. The fraction of sp³-hybridized carbons (Fsp3) is 0.500. The number of alkyl halides is 3. The van der Waals surface area contributed by atoms with Gasteiger partial charge >= 0.3 is 6.18 Å². The van der Waals surface area contributed by atoms with E-state index in [1.54, 1.807) is 6.20 Å². The van der Waals surface area contributed by atoms with Crippen molar-refractivity contribution in [2.75, 3.05) is 0 Å². The molecule has 0 aliphatic heterocycles. The van der Waals surface area contributed by atoms with E-state index >= 15 is 0 Å². The van der Waals surface area contributed by atoms with Crippen LogP contribution in [0.4, 0.5) is 13.2 Å². The lowest BCUT2D eigenvalue weighted by atomic mass is 9.80. The molecule has 3 nitrogen and oxygen atoms in total. The Balaban J connectivity index is 1.65. The van der Waals surface area contributed by atoms with Gasteiger partial charge in [-0.1, -0.05) is 0 Å². The molecule has 2 heterocycles. The average molecular weight is 362 g/mol. The van der Waals surface area contributed by atoms with Gasteiger partial charge < -0.3 is 9.72 Å². The number of aromatic nitrogens is 2. The van der Waals surface area contributed by atoms with Gasteiger partial charge in [0.05, 0.1) is 17.8 Å². The minimum absolute atomic E-state index is 0.0598. The Kier molecular flexibility index (Phi) is 3.73. The maximum atomic E-state index is 12.4. The minimum Gasteiger partial charge on any atom is -0.308 e. The molecular weight excluding hydrogens is 347 g/mol. The van der Waals surface area contributed by atoms with E-state index in [9.17, 15) is 13.2 Å². The van der Waals surface area contributed by atoms with Crippen LogP contribution in [-0.2, 0) is 6.54 Å². The largest absolute Gasteiger partial charge is 0.391 e. The van der Waals surface area contributed by atoms with Crippen molar-refractivity contribution in [2.45, 2.75) is 38.5 Å². The van der Waals surface area contributed by atoms with Gasteiger partial charge in [-0.3, -0.25) is 0 Å². The maximum absolute atomic E-state index is 12.4. The lowest BCUT2D eigenvalue weighted by molar-refractivity contribution is -0.199. The summed E-state index contributed by atoms with van der Waals surface area (Å²) in [7, 11) is 0. The Bertz CT molecular complexity index is 659. The molecule has 1 N–H and O–H groups in total. The molecule has 0 atom stereocenters. The molecule has 0 aromatic carbocycles. The van der Waals surface area contributed by atoms with Crippen molar-refractivity contribution in [3.8, 4) is 0 Å². The molecule has 1 aliphatic rings. The maximum Gasteiger partial charge on any atom is 0.391 e. The van der Waals surface area contributed by atoms with Crippen molar-refractivity contribution in [3.63, 3.8) is 0 Å². The lowest BCUT2D eigenvalue weighted by Crippen LogP contribution is -2.46. The molecule has 1 aliphatic carbocycles. The number of imidazole rings is 1. The van der Waals surface area contributed by atoms with Gasteiger partial charge in [0.2, 0.25) is 0 Å². The van der Waals surface area contributed by atoms with Gasteiger partial charge in [-0.05, 0) is 47.3 Å². The highest BCUT2D eigenvalue weighted by Gasteiger charge is 2.47. The summed E-state index contributed by atoms with van der Waals surface area (Å²) in [5.74, 6) is -1.14. The van der Waals surface area contributed by atoms with E-state index in [1.807, 2.05) is 23.6 Å². The summed E-state index contributed by atoms with van der Waals surface area (Å²) in [6, 6.07) is 1.93. The van der Waals surface area contributed by atoms with Crippen LogP contribution >= 0.6 is 15.9 Å². The molecule has 2 aromatic heterocycles. The van der Waals surface area contributed by atoms with Gasteiger partial charge in [-0.15, -0.1) is 0 Å². The van der Waals surface area contributed by atoms with E-state index in [0.29, 0.717) is 6.54 Å². The SMILES string of the molecule is Cc1cc(Br)cn2c(CNC3CC(C(F)(F)F)C3)cnc12. The number of nitrogens with zero attached hydrogens (tertiary/aromatic N) is 2. The highest BCUT2D eigenvalue weighted by atomic mass is 79.9. The molecule has 7 heteroatoms. The van der Waals surface area contributed by atoms with Crippen LogP contribution in [-0.4, -0.2) is 21.6 Å². The fourth-order valence-electron chi connectivity index (χ4n) is 2.70. The number of halogens is 4. The topological polar surface area (TPSA) is 29.3 Å². The number of fused-ring (bicyclic) bond motifs is 1. The first kappa shape index (κ1) is 14.8. The van der Waals surface area contributed by atoms with E-state index in [4.69, 9.17) is 0 Å². The number of hydrogen-bond acceptors (Lipinski definition) is 2. The Labute approximate surface area is 128 Å². The van der Waals surface area contributed by atoms with Gasteiger partial charge in [-0.2, -0.15) is 13.2 Å². The zero-order valence-electron chi connectivity index (χ0n) is 11.4. The van der Waals surface area contributed by atoms with Crippen molar-refractivity contribution in [2.24, 2.45) is 5.92 Å². The highest BCUT2D eigenvalue weighted by Crippen LogP contribution is 2.41. The second-order valence-electron chi connectivity index (χ2n) is 5.57. The zero-order chi connectivity index (χ0) is 15.2. The molecule has 0 bridgehead atoms. The molecule has 21 heavy (non-hydrogen) atoms. The molecule has 0 spiro atoms. The predicted octanol–water partition coefficient (Wildman–Crippen LogP) is 3.84. The Morgan fingerprint density at radius 2 is 2.14 bits per heavy atom. The third-order valence-electron chi connectivity index (χ3n) is 4.01. The smallest absolute Gasteiger partial charge is 0.308 e. The first-order valence-electron chi connectivity index (χ1n) is 6.77. The zero-order valence-corrected chi connectivity index (χ0v) is 13.0. The van der Waals surface area contributed by atoms with Crippen molar-refractivity contribution in [1.29, 1.82) is 0 Å². The summed E-state index contributed by atoms with van der Waals surface area (Å²) in [4.78, 5) is 4.36. The third-order valence-corrected chi connectivity index (χ3v) is 4.44. The summed E-state index contributed by atoms with van der Waals surface area (Å²) >= 11 is 3.44. The normalized spacial score (nSPS) is 22.5. The lowest BCUT2D eigenvalue weighted by Gasteiger charge is -2.37. The van der Waals surface area contributed by atoms with Gasteiger partial charge in [0.1, 0.15) is 5.65 Å². The van der Waals surface area contributed by atoms with Crippen LogP contribution in [0.2, 0.25) is 0 Å². The summed E-state index contributed by atoms with van der Waals surface area (Å²) in [6.45, 7) is 2.50. The van der Waals surface area contributed by atoms with E-state index in [1.165, 1.54) is 0 Å². The number of nitrogens with one attached hydrogen (secondary N) is 1. The summed E-state index contributed by atoms with van der Waals surface area (Å²) in [5.41, 5.74) is 2.87. The molecule has 1 saturated carbocycles. The van der Waals surface area contributed by atoms with Gasteiger partial charge in [0, 0.05) is 23.3 Å². The third kappa shape index (κ3) is 2.94. The molecule has 3 rings (SSSR count). The van der Waals surface area contributed by atoms with Crippen molar-refractivity contribution in [1.82, 2.24) is 14.7 Å². The molecular formula is C14H15BrF3N3. The van der Waals surface area contributed by atoms with E-state index < -0.39 is 12.1 Å². The molecule has 0 saturated heterocycles. The average Bonchev–Trinajstić information content (AvgIpc) is 2.68. The monoisotopic (exact) mass is 361 g/mol.